The molecule has 0 saturated heterocycles. The van der Waals surface area contributed by atoms with Gasteiger partial charge in [-0.05, 0) is 61.7 Å². The van der Waals surface area contributed by atoms with Crippen LogP contribution in [0.1, 0.15) is 25.8 Å². The summed E-state index contributed by atoms with van der Waals surface area (Å²) < 4.78 is 14.3. The van der Waals surface area contributed by atoms with Gasteiger partial charge in [0.15, 0.2) is 11.7 Å². The highest BCUT2D eigenvalue weighted by Crippen LogP contribution is 2.30. The molecule has 7 nitrogen and oxygen atoms in total. The van der Waals surface area contributed by atoms with Crippen LogP contribution >= 0.6 is 23.7 Å². The monoisotopic (exact) mass is 500 g/mol. The summed E-state index contributed by atoms with van der Waals surface area (Å²) in [4.78, 5) is 23.8. The zero-order valence-electron chi connectivity index (χ0n) is 19.3. The van der Waals surface area contributed by atoms with Crippen LogP contribution in [0, 0.1) is 0 Å². The van der Waals surface area contributed by atoms with Crippen molar-refractivity contribution in [1.29, 1.82) is 0 Å². The smallest absolute Gasteiger partial charge is 0.266 e. The third-order valence-corrected chi connectivity index (χ3v) is 6.28. The molecule has 2 aromatic carbocycles. The molecule has 0 bridgehead atoms. The highest BCUT2D eigenvalue weighted by molar-refractivity contribution is 7.22. The second-order valence-corrected chi connectivity index (χ2v) is 8.55. The Morgan fingerprint density at radius 3 is 2.53 bits per heavy atom. The van der Waals surface area contributed by atoms with Gasteiger partial charge in [-0.15, -0.1) is 12.4 Å². The molecular formula is C25H29ClN4O3S. The van der Waals surface area contributed by atoms with E-state index in [1.807, 2.05) is 48.0 Å². The van der Waals surface area contributed by atoms with Gasteiger partial charge in [0.2, 0.25) is 0 Å². The number of rotatable bonds is 11. The Morgan fingerprint density at radius 2 is 1.85 bits per heavy atom. The van der Waals surface area contributed by atoms with E-state index < -0.39 is 0 Å². The average Bonchev–Trinajstić information content (AvgIpc) is 3.50. The van der Waals surface area contributed by atoms with Crippen LogP contribution in [-0.4, -0.2) is 40.2 Å². The van der Waals surface area contributed by atoms with Crippen LogP contribution in [0.25, 0.3) is 10.2 Å². The molecule has 0 aliphatic heterocycles. The van der Waals surface area contributed by atoms with Gasteiger partial charge >= 0.3 is 0 Å². The summed E-state index contributed by atoms with van der Waals surface area (Å²) in [7, 11) is 0. The second-order valence-electron chi connectivity index (χ2n) is 7.54. The maximum Gasteiger partial charge on any atom is 0.266 e. The molecule has 0 aliphatic rings. The molecule has 180 valence electrons. The fraction of sp³-hybridized carbons (Fsp3) is 0.320. The van der Waals surface area contributed by atoms with E-state index in [0.717, 1.165) is 35.4 Å². The number of aromatic nitrogens is 3. The highest BCUT2D eigenvalue weighted by atomic mass is 35.5. The van der Waals surface area contributed by atoms with Crippen molar-refractivity contribution in [3.05, 3.63) is 66.7 Å². The van der Waals surface area contributed by atoms with Crippen molar-refractivity contribution < 1.29 is 14.3 Å². The Kier molecular flexibility index (Phi) is 9.30. The van der Waals surface area contributed by atoms with E-state index in [9.17, 15) is 4.79 Å². The summed E-state index contributed by atoms with van der Waals surface area (Å²) in [6, 6.07) is 13.6. The fourth-order valence-corrected chi connectivity index (χ4v) is 4.54. The van der Waals surface area contributed by atoms with E-state index in [0.29, 0.717) is 24.0 Å². The predicted molar refractivity (Wildman–Crippen MR) is 139 cm³/mol. The maximum absolute atomic E-state index is 13.2. The van der Waals surface area contributed by atoms with Crippen molar-refractivity contribution in [2.24, 2.45) is 0 Å². The van der Waals surface area contributed by atoms with Crippen molar-refractivity contribution in [3.63, 3.8) is 0 Å². The number of anilines is 1. The number of imidazole rings is 1. The Bertz CT molecular complexity index is 1180. The Hall–Kier alpha value is -3.10. The number of thiazole rings is 1. The third-order valence-electron chi connectivity index (χ3n) is 5.24. The number of carbonyl (C=O) groups is 1. The van der Waals surface area contributed by atoms with E-state index in [-0.39, 0.29) is 24.9 Å². The summed E-state index contributed by atoms with van der Waals surface area (Å²) in [5.41, 5.74) is 2.17. The van der Waals surface area contributed by atoms with Gasteiger partial charge in [-0.3, -0.25) is 9.69 Å². The molecule has 0 unspecified atom stereocenters. The van der Waals surface area contributed by atoms with E-state index in [1.165, 1.54) is 5.56 Å². The molecule has 2 heterocycles. The summed E-state index contributed by atoms with van der Waals surface area (Å²) in [6.45, 7) is 5.94. The van der Waals surface area contributed by atoms with Gasteiger partial charge in [0.05, 0.1) is 23.2 Å². The summed E-state index contributed by atoms with van der Waals surface area (Å²) in [6.07, 6.45) is 7.21. The lowest BCUT2D eigenvalue weighted by atomic mass is 10.2. The molecular weight excluding hydrogens is 472 g/mol. The molecule has 4 aromatic rings. The molecule has 0 atom stereocenters. The molecule has 0 aliphatic carbocycles. The maximum atomic E-state index is 13.2. The number of amides is 1. The fourth-order valence-electron chi connectivity index (χ4n) is 3.47. The van der Waals surface area contributed by atoms with Crippen LogP contribution < -0.4 is 14.4 Å². The second kappa shape index (κ2) is 12.4. The zero-order valence-corrected chi connectivity index (χ0v) is 21.0. The topological polar surface area (TPSA) is 69.5 Å². The van der Waals surface area contributed by atoms with Crippen LogP contribution in [0.4, 0.5) is 5.13 Å². The summed E-state index contributed by atoms with van der Waals surface area (Å²) in [5.74, 6) is 1.28. The predicted octanol–water partition coefficient (Wildman–Crippen LogP) is 5.38. The van der Waals surface area contributed by atoms with Gasteiger partial charge in [-0.1, -0.05) is 24.3 Å². The first kappa shape index (κ1) is 25.5. The molecule has 0 N–H and O–H groups in total. The molecule has 2 aromatic heterocycles. The first-order valence-electron chi connectivity index (χ1n) is 11.2. The lowest BCUT2D eigenvalue weighted by Crippen LogP contribution is -2.36. The van der Waals surface area contributed by atoms with Crippen molar-refractivity contribution in [2.45, 2.75) is 33.2 Å². The minimum Gasteiger partial charge on any atom is -0.494 e. The number of nitrogens with zero attached hydrogens (tertiary/aromatic N) is 4. The van der Waals surface area contributed by atoms with Crippen molar-refractivity contribution >= 4 is 45.0 Å². The van der Waals surface area contributed by atoms with Crippen molar-refractivity contribution in [1.82, 2.24) is 14.5 Å². The molecule has 0 spiro atoms. The van der Waals surface area contributed by atoms with Crippen LogP contribution in [0.2, 0.25) is 0 Å². The minimum absolute atomic E-state index is 0. The van der Waals surface area contributed by atoms with Crippen LogP contribution in [-0.2, 0) is 17.8 Å². The van der Waals surface area contributed by atoms with Gasteiger partial charge < -0.3 is 14.0 Å². The van der Waals surface area contributed by atoms with Crippen molar-refractivity contribution in [2.75, 3.05) is 24.7 Å². The van der Waals surface area contributed by atoms with E-state index in [2.05, 4.69) is 24.0 Å². The number of hydrogen-bond donors (Lipinski definition) is 0. The number of ether oxygens (including phenoxy) is 2. The van der Waals surface area contributed by atoms with Gasteiger partial charge in [0.25, 0.3) is 5.91 Å². The van der Waals surface area contributed by atoms with Gasteiger partial charge in [-0.25, -0.2) is 9.97 Å². The summed E-state index contributed by atoms with van der Waals surface area (Å²) in [5, 5.41) is 0.698. The Labute approximate surface area is 209 Å². The van der Waals surface area contributed by atoms with Crippen molar-refractivity contribution in [3.8, 4) is 11.5 Å². The molecule has 34 heavy (non-hydrogen) atoms. The number of benzene rings is 2. The first-order chi connectivity index (χ1) is 16.2. The zero-order chi connectivity index (χ0) is 23.0. The minimum atomic E-state index is -0.121. The number of hydrogen-bond acceptors (Lipinski definition) is 6. The lowest BCUT2D eigenvalue weighted by molar-refractivity contribution is -0.120. The quantitative estimate of drug-likeness (QED) is 0.276. The SMILES string of the molecule is CCOc1ccc(OCC(=O)N(CCCn2ccnc2)c2nc3ccc(CC)cc3s2)cc1.Cl. The first-order valence-corrected chi connectivity index (χ1v) is 12.0. The average molecular weight is 501 g/mol. The summed E-state index contributed by atoms with van der Waals surface area (Å²) >= 11 is 1.54. The van der Waals surface area contributed by atoms with Crippen LogP contribution in [0.3, 0.4) is 0 Å². The van der Waals surface area contributed by atoms with E-state index >= 15 is 0 Å². The Balaban J connectivity index is 0.00000324. The highest BCUT2D eigenvalue weighted by Gasteiger charge is 2.20. The van der Waals surface area contributed by atoms with Crippen LogP contribution in [0.15, 0.2) is 61.2 Å². The van der Waals surface area contributed by atoms with Gasteiger partial charge in [0.1, 0.15) is 11.5 Å². The molecule has 9 heteroatoms. The largest absolute Gasteiger partial charge is 0.494 e. The number of carbonyl (C=O) groups excluding carboxylic acids is 1. The number of fused-ring (bicyclic) bond motifs is 1. The normalized spacial score (nSPS) is 10.6. The Morgan fingerprint density at radius 1 is 1.09 bits per heavy atom. The molecule has 0 saturated carbocycles. The molecule has 4 rings (SSSR count). The van der Waals surface area contributed by atoms with Crippen LogP contribution in [0.5, 0.6) is 11.5 Å². The molecule has 1 amide bonds. The van der Waals surface area contributed by atoms with E-state index in [4.69, 9.17) is 14.5 Å². The molecule has 0 fully saturated rings. The number of halogens is 1. The van der Waals surface area contributed by atoms with Gasteiger partial charge in [-0.2, -0.15) is 0 Å². The van der Waals surface area contributed by atoms with Gasteiger partial charge in [0, 0.05) is 25.5 Å². The lowest BCUT2D eigenvalue weighted by Gasteiger charge is -2.20. The van der Waals surface area contributed by atoms with E-state index in [1.54, 1.807) is 28.8 Å². The third kappa shape index (κ3) is 6.48. The standard InChI is InChI=1S/C25H28N4O3S.ClH/c1-3-19-6-11-22-23(16-19)33-25(27-22)29(14-5-13-28-15-12-26-18-28)24(30)17-32-21-9-7-20(8-10-21)31-4-2;/h6-12,15-16,18H,3-5,13-14,17H2,1-2H3;1H. The molecule has 0 radical (unpaired) electrons. The number of aryl methyl sites for hydroxylation is 2.